The molecule has 2 aromatic rings. The van der Waals surface area contributed by atoms with Gasteiger partial charge in [0.25, 0.3) is 0 Å². The maximum atomic E-state index is 12.7. The molecule has 7 heteroatoms. The van der Waals surface area contributed by atoms with Gasteiger partial charge in [-0.2, -0.15) is 5.10 Å². The van der Waals surface area contributed by atoms with E-state index < -0.39 is 0 Å². The van der Waals surface area contributed by atoms with Gasteiger partial charge in [0, 0.05) is 31.0 Å². The molecule has 1 saturated heterocycles. The van der Waals surface area contributed by atoms with Crippen LogP contribution in [0.2, 0.25) is 0 Å². The largest absolute Gasteiger partial charge is 0.377 e. The number of ether oxygens (including phenoxy) is 1. The molecule has 0 aromatic carbocycles. The highest BCUT2D eigenvalue weighted by Crippen LogP contribution is 2.29. The monoisotopic (exact) mass is 315 g/mol. The second kappa shape index (κ2) is 6.37. The number of carbonyl (C=O) groups excluding carboxylic acids is 1. The second-order valence-electron chi connectivity index (χ2n) is 5.66. The fourth-order valence-corrected chi connectivity index (χ4v) is 2.99. The van der Waals surface area contributed by atoms with Gasteiger partial charge in [-0.1, -0.05) is 0 Å². The van der Waals surface area contributed by atoms with E-state index in [9.17, 15) is 4.79 Å². The highest BCUT2D eigenvalue weighted by Gasteiger charge is 2.32. The number of pyridine rings is 1. The summed E-state index contributed by atoms with van der Waals surface area (Å²) in [6.07, 6.45) is 3.31. The second-order valence-corrected chi connectivity index (χ2v) is 5.66. The Balaban J connectivity index is 1.85. The molecule has 0 radical (unpaired) electrons. The summed E-state index contributed by atoms with van der Waals surface area (Å²) in [4.78, 5) is 18.5. The van der Waals surface area contributed by atoms with Gasteiger partial charge in [0.05, 0.1) is 36.8 Å². The van der Waals surface area contributed by atoms with E-state index in [1.54, 1.807) is 18.5 Å². The molecule has 1 atom stereocenters. The molecule has 1 aliphatic heterocycles. The van der Waals surface area contributed by atoms with Crippen molar-refractivity contribution in [1.29, 1.82) is 0 Å². The molecule has 2 aromatic heterocycles. The lowest BCUT2D eigenvalue weighted by molar-refractivity contribution is 0.0143. The number of urea groups is 1. The molecule has 3 heterocycles. The Morgan fingerprint density at radius 1 is 1.43 bits per heavy atom. The van der Waals surface area contributed by atoms with Gasteiger partial charge in [-0.25, -0.2) is 4.79 Å². The number of carbonyl (C=O) groups is 1. The van der Waals surface area contributed by atoms with E-state index in [0.717, 1.165) is 17.0 Å². The van der Waals surface area contributed by atoms with E-state index in [1.807, 2.05) is 36.5 Å². The third-order valence-electron chi connectivity index (χ3n) is 4.20. The zero-order valence-electron chi connectivity index (χ0n) is 13.6. The van der Waals surface area contributed by atoms with Gasteiger partial charge < -0.3 is 15.0 Å². The summed E-state index contributed by atoms with van der Waals surface area (Å²) in [5.41, 5.74) is 3.73. The predicted octanol–water partition coefficient (Wildman–Crippen LogP) is 2.04. The Labute approximate surface area is 135 Å². The van der Waals surface area contributed by atoms with Crippen LogP contribution < -0.4 is 5.32 Å². The van der Waals surface area contributed by atoms with Gasteiger partial charge >= 0.3 is 6.03 Å². The Hall–Kier alpha value is -2.41. The number of nitrogens with one attached hydrogen (secondary N) is 1. The number of aryl methyl sites for hydroxylation is 2. The number of rotatable bonds is 2. The van der Waals surface area contributed by atoms with Gasteiger partial charge in [0.1, 0.15) is 0 Å². The number of morpholine rings is 1. The topological polar surface area (TPSA) is 72.3 Å². The van der Waals surface area contributed by atoms with Gasteiger partial charge in [0.2, 0.25) is 0 Å². The number of amides is 2. The number of anilines is 1. The quantitative estimate of drug-likeness (QED) is 0.920. The van der Waals surface area contributed by atoms with E-state index in [1.165, 1.54) is 0 Å². The molecule has 0 bridgehead atoms. The minimum atomic E-state index is -0.144. The molecule has 0 aliphatic carbocycles. The van der Waals surface area contributed by atoms with Gasteiger partial charge in [-0.15, -0.1) is 0 Å². The molecule has 0 saturated carbocycles. The lowest BCUT2D eigenvalue weighted by Crippen LogP contribution is -2.45. The van der Waals surface area contributed by atoms with Crippen LogP contribution in [0.5, 0.6) is 0 Å². The van der Waals surface area contributed by atoms with Crippen LogP contribution in [-0.4, -0.2) is 45.5 Å². The summed E-state index contributed by atoms with van der Waals surface area (Å²) < 4.78 is 7.46. The molecule has 0 spiro atoms. The normalized spacial score (nSPS) is 18.0. The molecule has 2 amide bonds. The summed E-state index contributed by atoms with van der Waals surface area (Å²) in [6, 6.07) is 3.34. The van der Waals surface area contributed by atoms with E-state index in [2.05, 4.69) is 15.4 Å². The van der Waals surface area contributed by atoms with Crippen molar-refractivity contribution in [3.05, 3.63) is 41.5 Å². The Kier molecular flexibility index (Phi) is 4.29. The van der Waals surface area contributed by atoms with Crippen molar-refractivity contribution in [3.8, 4) is 0 Å². The SMILES string of the molecule is Cc1nn(C)c(C)c1C1COCCN1C(=O)Nc1cccnc1. The smallest absolute Gasteiger partial charge is 0.322 e. The van der Waals surface area contributed by atoms with Gasteiger partial charge in [-0.3, -0.25) is 9.67 Å². The minimum absolute atomic E-state index is 0.130. The Morgan fingerprint density at radius 3 is 2.91 bits per heavy atom. The van der Waals surface area contributed by atoms with Gasteiger partial charge in [0.15, 0.2) is 0 Å². The highest BCUT2D eigenvalue weighted by atomic mass is 16.5. The van der Waals surface area contributed by atoms with Crippen molar-refractivity contribution in [2.45, 2.75) is 19.9 Å². The number of hydrogen-bond donors (Lipinski definition) is 1. The molecule has 23 heavy (non-hydrogen) atoms. The van der Waals surface area contributed by atoms with E-state index in [0.29, 0.717) is 25.4 Å². The third kappa shape index (κ3) is 3.05. The Morgan fingerprint density at radius 2 is 2.26 bits per heavy atom. The summed E-state index contributed by atoms with van der Waals surface area (Å²) in [5, 5.41) is 7.36. The lowest BCUT2D eigenvalue weighted by Gasteiger charge is -2.36. The van der Waals surface area contributed by atoms with Gasteiger partial charge in [-0.05, 0) is 26.0 Å². The van der Waals surface area contributed by atoms with Crippen molar-refractivity contribution in [2.24, 2.45) is 7.05 Å². The number of hydrogen-bond acceptors (Lipinski definition) is 4. The first-order chi connectivity index (χ1) is 11.1. The van der Waals surface area contributed by atoms with Crippen LogP contribution in [0.3, 0.4) is 0 Å². The molecular formula is C16H21N5O2. The van der Waals surface area contributed by atoms with E-state index >= 15 is 0 Å². The summed E-state index contributed by atoms with van der Waals surface area (Å²) in [6.45, 7) is 5.54. The number of aromatic nitrogens is 3. The van der Waals surface area contributed by atoms with Crippen molar-refractivity contribution in [1.82, 2.24) is 19.7 Å². The molecule has 122 valence electrons. The average molecular weight is 315 g/mol. The highest BCUT2D eigenvalue weighted by molar-refractivity contribution is 5.89. The molecule has 1 unspecified atom stereocenters. The molecule has 7 nitrogen and oxygen atoms in total. The fourth-order valence-electron chi connectivity index (χ4n) is 2.99. The van der Waals surface area contributed by atoms with Crippen LogP contribution in [0.4, 0.5) is 10.5 Å². The maximum Gasteiger partial charge on any atom is 0.322 e. The van der Waals surface area contributed by atoms with Crippen LogP contribution in [0.15, 0.2) is 24.5 Å². The third-order valence-corrected chi connectivity index (χ3v) is 4.20. The average Bonchev–Trinajstić information content (AvgIpc) is 2.81. The van der Waals surface area contributed by atoms with Crippen molar-refractivity contribution in [3.63, 3.8) is 0 Å². The summed E-state index contributed by atoms with van der Waals surface area (Å²) in [7, 11) is 1.91. The molecular weight excluding hydrogens is 294 g/mol. The molecule has 3 rings (SSSR count). The predicted molar refractivity (Wildman–Crippen MR) is 86.2 cm³/mol. The zero-order valence-corrected chi connectivity index (χ0v) is 13.6. The van der Waals surface area contributed by atoms with Crippen LogP contribution in [0.1, 0.15) is 23.0 Å². The fraction of sp³-hybridized carbons (Fsp3) is 0.438. The maximum absolute atomic E-state index is 12.7. The van der Waals surface area contributed by atoms with Crippen molar-refractivity contribution < 1.29 is 9.53 Å². The van der Waals surface area contributed by atoms with Crippen LogP contribution in [0.25, 0.3) is 0 Å². The molecule has 1 fully saturated rings. The van der Waals surface area contributed by atoms with Crippen LogP contribution in [0, 0.1) is 13.8 Å². The molecule has 1 N–H and O–H groups in total. The standard InChI is InChI=1S/C16H21N5O2/c1-11-15(12(2)20(3)19-11)14-10-23-8-7-21(14)16(22)18-13-5-4-6-17-9-13/h4-6,9,14H,7-8,10H2,1-3H3,(H,18,22). The van der Waals surface area contributed by atoms with E-state index in [4.69, 9.17) is 4.74 Å². The first kappa shape index (κ1) is 15.5. The van der Waals surface area contributed by atoms with Crippen molar-refractivity contribution in [2.75, 3.05) is 25.1 Å². The number of nitrogens with zero attached hydrogens (tertiary/aromatic N) is 4. The molecule has 1 aliphatic rings. The lowest BCUT2D eigenvalue weighted by atomic mass is 10.0. The van der Waals surface area contributed by atoms with Crippen LogP contribution >= 0.6 is 0 Å². The first-order valence-corrected chi connectivity index (χ1v) is 7.63. The minimum Gasteiger partial charge on any atom is -0.377 e. The Bertz CT molecular complexity index is 698. The van der Waals surface area contributed by atoms with Crippen LogP contribution in [-0.2, 0) is 11.8 Å². The van der Waals surface area contributed by atoms with Crippen molar-refractivity contribution >= 4 is 11.7 Å². The first-order valence-electron chi connectivity index (χ1n) is 7.63. The summed E-state index contributed by atoms with van der Waals surface area (Å²) >= 11 is 0. The summed E-state index contributed by atoms with van der Waals surface area (Å²) in [5.74, 6) is 0. The van der Waals surface area contributed by atoms with E-state index in [-0.39, 0.29) is 12.1 Å². The zero-order chi connectivity index (χ0) is 16.4.